The van der Waals surface area contributed by atoms with Crippen LogP contribution in [0.2, 0.25) is 0 Å². The van der Waals surface area contributed by atoms with Gasteiger partial charge in [-0.3, -0.25) is 0 Å². The van der Waals surface area contributed by atoms with Gasteiger partial charge in [0.05, 0.1) is 4.90 Å². The van der Waals surface area contributed by atoms with Gasteiger partial charge < -0.3 is 0 Å². The molecule has 0 aromatic heterocycles. The highest BCUT2D eigenvalue weighted by molar-refractivity contribution is 7.82. The normalized spacial score (nSPS) is 11.2. The molecular weight excluding hydrogens is 158 g/mol. The molecule has 1 aromatic rings. The van der Waals surface area contributed by atoms with Crippen LogP contribution in [0.3, 0.4) is 0 Å². The summed E-state index contributed by atoms with van der Waals surface area (Å²) in [6.45, 7) is 4.00. The van der Waals surface area contributed by atoms with Gasteiger partial charge in [-0.05, 0) is 12.1 Å². The maximum Gasteiger partial charge on any atom is 0.122 e. The number of rotatable bonds is 1. The summed E-state index contributed by atoms with van der Waals surface area (Å²) >= 11 is 0. The van der Waals surface area contributed by atoms with E-state index in [0.717, 1.165) is 0 Å². The Morgan fingerprint density at radius 3 is 1.91 bits per heavy atom. The smallest absolute Gasteiger partial charge is 0.122 e. The maximum absolute atomic E-state index is 10.5. The Morgan fingerprint density at radius 2 is 1.64 bits per heavy atom. The van der Waals surface area contributed by atoms with Gasteiger partial charge in [0, 0.05) is 0 Å². The summed E-state index contributed by atoms with van der Waals surface area (Å²) < 4.78 is 10.5. The van der Waals surface area contributed by atoms with Crippen molar-refractivity contribution in [3.8, 4) is 0 Å². The fourth-order valence-electron chi connectivity index (χ4n) is 0.555. The zero-order valence-electron chi connectivity index (χ0n) is 6.78. The zero-order chi connectivity index (χ0) is 8.69. The number of hydrogen-bond acceptors (Lipinski definition) is 1. The van der Waals surface area contributed by atoms with Crippen molar-refractivity contribution in [2.45, 2.75) is 18.7 Å². The molecule has 62 valence electrons. The van der Waals surface area contributed by atoms with Crippen molar-refractivity contribution in [1.82, 2.24) is 0 Å². The van der Waals surface area contributed by atoms with Crippen molar-refractivity contribution in [3.63, 3.8) is 0 Å². The summed E-state index contributed by atoms with van der Waals surface area (Å²) in [4.78, 5) is 0.664. The van der Waals surface area contributed by atoms with Crippen molar-refractivity contribution < 1.29 is 4.21 Å². The van der Waals surface area contributed by atoms with Crippen LogP contribution in [0, 0.1) is 0 Å². The Bertz CT molecular complexity index is 211. The van der Waals surface area contributed by atoms with Gasteiger partial charge in [-0.15, -0.1) is 0 Å². The lowest BCUT2D eigenvalue weighted by molar-refractivity contribution is 0.684. The minimum atomic E-state index is -1.33. The van der Waals surface area contributed by atoms with Crippen molar-refractivity contribution in [1.29, 1.82) is 0 Å². The first-order valence-electron chi connectivity index (χ1n) is 3.52. The summed E-state index contributed by atoms with van der Waals surface area (Å²) in [7, 11) is -1.33. The standard InChI is InChI=1S/C6H7NOS.C2H6/c7-9(8)6-4-2-1-3-5-6;1-2/h1-5H,7H2;1-2H3. The van der Waals surface area contributed by atoms with Crippen molar-refractivity contribution in [3.05, 3.63) is 30.3 Å². The summed E-state index contributed by atoms with van der Waals surface area (Å²) in [5, 5.41) is 5.09. The third-order valence-corrected chi connectivity index (χ3v) is 1.71. The summed E-state index contributed by atoms with van der Waals surface area (Å²) in [5.74, 6) is 0. The number of nitrogens with two attached hydrogens (primary N) is 1. The average Bonchev–Trinajstić information content (AvgIpc) is 2.10. The SMILES string of the molecule is CC.NS(=O)c1ccccc1. The third kappa shape index (κ3) is 3.91. The number of hydrogen-bond donors (Lipinski definition) is 1. The van der Waals surface area contributed by atoms with Crippen LogP contribution >= 0.6 is 0 Å². The van der Waals surface area contributed by atoms with Crippen LogP contribution < -0.4 is 5.14 Å². The fraction of sp³-hybridized carbons (Fsp3) is 0.250. The molecule has 1 atom stereocenters. The molecule has 0 saturated heterocycles. The molecule has 1 unspecified atom stereocenters. The summed E-state index contributed by atoms with van der Waals surface area (Å²) in [6, 6.07) is 8.93. The van der Waals surface area contributed by atoms with E-state index < -0.39 is 11.0 Å². The molecule has 0 amide bonds. The van der Waals surface area contributed by atoms with E-state index in [1.54, 1.807) is 24.3 Å². The predicted octanol–water partition coefficient (Wildman–Crippen LogP) is 1.69. The summed E-state index contributed by atoms with van der Waals surface area (Å²) in [6.07, 6.45) is 0. The number of benzene rings is 1. The van der Waals surface area contributed by atoms with E-state index >= 15 is 0 Å². The Morgan fingerprint density at radius 1 is 1.18 bits per heavy atom. The first kappa shape index (κ1) is 10.3. The largest absolute Gasteiger partial charge is 0.248 e. The zero-order valence-corrected chi connectivity index (χ0v) is 7.60. The quantitative estimate of drug-likeness (QED) is 0.686. The third-order valence-electron chi connectivity index (χ3n) is 0.976. The Hall–Kier alpha value is -0.670. The van der Waals surface area contributed by atoms with Gasteiger partial charge in [0.15, 0.2) is 0 Å². The molecule has 2 nitrogen and oxygen atoms in total. The average molecular weight is 171 g/mol. The Kier molecular flexibility index (Phi) is 5.70. The van der Waals surface area contributed by atoms with Crippen molar-refractivity contribution in [2.24, 2.45) is 5.14 Å². The van der Waals surface area contributed by atoms with Gasteiger partial charge in [0.25, 0.3) is 0 Å². The topological polar surface area (TPSA) is 43.1 Å². The van der Waals surface area contributed by atoms with Gasteiger partial charge in [-0.25, -0.2) is 9.35 Å². The molecule has 3 heteroatoms. The lowest BCUT2D eigenvalue weighted by atomic mass is 10.4. The monoisotopic (exact) mass is 171 g/mol. The van der Waals surface area contributed by atoms with Crippen LogP contribution in [-0.2, 0) is 11.0 Å². The van der Waals surface area contributed by atoms with Crippen LogP contribution in [0.4, 0.5) is 0 Å². The molecule has 1 aromatic carbocycles. The molecule has 11 heavy (non-hydrogen) atoms. The second kappa shape index (κ2) is 6.07. The highest BCUT2D eigenvalue weighted by Gasteiger charge is 1.91. The second-order valence-corrected chi connectivity index (χ2v) is 2.68. The van der Waals surface area contributed by atoms with E-state index in [2.05, 4.69) is 0 Å². The van der Waals surface area contributed by atoms with E-state index in [0.29, 0.717) is 4.90 Å². The Balaban J connectivity index is 0.000000461. The first-order valence-corrected chi connectivity index (χ1v) is 4.73. The van der Waals surface area contributed by atoms with Crippen LogP contribution in [0.5, 0.6) is 0 Å². The van der Waals surface area contributed by atoms with Gasteiger partial charge in [0.1, 0.15) is 11.0 Å². The molecule has 0 fully saturated rings. The molecule has 0 aliphatic heterocycles. The van der Waals surface area contributed by atoms with Gasteiger partial charge >= 0.3 is 0 Å². The van der Waals surface area contributed by atoms with Crippen LogP contribution in [0.1, 0.15) is 13.8 Å². The molecule has 1 rings (SSSR count). The highest BCUT2D eigenvalue weighted by atomic mass is 32.2. The van der Waals surface area contributed by atoms with E-state index in [-0.39, 0.29) is 0 Å². The molecule has 0 radical (unpaired) electrons. The lowest BCUT2D eigenvalue weighted by Crippen LogP contribution is -2.01. The van der Waals surface area contributed by atoms with Gasteiger partial charge in [0.2, 0.25) is 0 Å². The van der Waals surface area contributed by atoms with E-state index in [9.17, 15) is 4.21 Å². The van der Waals surface area contributed by atoms with Crippen molar-refractivity contribution >= 4 is 11.0 Å². The van der Waals surface area contributed by atoms with Crippen LogP contribution in [-0.4, -0.2) is 4.21 Å². The van der Waals surface area contributed by atoms with Crippen LogP contribution in [0.25, 0.3) is 0 Å². The molecule has 0 aliphatic carbocycles. The molecule has 0 saturated carbocycles. The molecule has 0 aliphatic rings. The molecule has 0 heterocycles. The maximum atomic E-state index is 10.5. The lowest BCUT2D eigenvalue weighted by Gasteiger charge is -1.90. The molecule has 2 N–H and O–H groups in total. The second-order valence-electron chi connectivity index (χ2n) is 1.61. The fourth-order valence-corrected chi connectivity index (χ4v) is 0.980. The van der Waals surface area contributed by atoms with Crippen molar-refractivity contribution in [2.75, 3.05) is 0 Å². The predicted molar refractivity (Wildman–Crippen MR) is 48.4 cm³/mol. The van der Waals surface area contributed by atoms with Gasteiger partial charge in [-0.1, -0.05) is 32.0 Å². The minimum absolute atomic E-state index is 0.664. The van der Waals surface area contributed by atoms with Gasteiger partial charge in [-0.2, -0.15) is 0 Å². The highest BCUT2D eigenvalue weighted by Crippen LogP contribution is 1.99. The minimum Gasteiger partial charge on any atom is -0.248 e. The summed E-state index contributed by atoms with van der Waals surface area (Å²) in [5.41, 5.74) is 0. The Labute approximate surface area is 70.0 Å². The van der Waals surface area contributed by atoms with E-state index in [1.807, 2.05) is 19.9 Å². The first-order chi connectivity index (χ1) is 5.30. The van der Waals surface area contributed by atoms with E-state index in [4.69, 9.17) is 5.14 Å². The molecular formula is C8H13NOS. The molecule has 0 bridgehead atoms. The van der Waals surface area contributed by atoms with Crippen LogP contribution in [0.15, 0.2) is 35.2 Å². The molecule has 0 spiro atoms. The van der Waals surface area contributed by atoms with E-state index in [1.165, 1.54) is 0 Å².